The molecule has 0 saturated heterocycles. The minimum atomic E-state index is -0.0953. The second-order valence-corrected chi connectivity index (χ2v) is 16.4. The summed E-state index contributed by atoms with van der Waals surface area (Å²) in [5.41, 5.74) is 18.4. The van der Waals surface area contributed by atoms with Crippen molar-refractivity contribution in [3.63, 3.8) is 0 Å². The summed E-state index contributed by atoms with van der Waals surface area (Å²) in [5.74, 6) is 0. The molecule has 0 heterocycles. The molecule has 10 aromatic rings. The number of hydrogen-bond donors (Lipinski definition) is 0. The van der Waals surface area contributed by atoms with Crippen LogP contribution < -0.4 is 4.90 Å². The lowest BCUT2D eigenvalue weighted by molar-refractivity contribution is 0.660. The van der Waals surface area contributed by atoms with E-state index in [1.165, 1.54) is 88.3 Å². The van der Waals surface area contributed by atoms with Gasteiger partial charge in [-0.2, -0.15) is 0 Å². The van der Waals surface area contributed by atoms with E-state index in [0.29, 0.717) is 0 Å². The second-order valence-electron chi connectivity index (χ2n) is 16.4. The van der Waals surface area contributed by atoms with Gasteiger partial charge >= 0.3 is 0 Å². The molecule has 0 saturated carbocycles. The molecule has 0 fully saturated rings. The summed E-state index contributed by atoms with van der Waals surface area (Å²) in [4.78, 5) is 2.45. The summed E-state index contributed by atoms with van der Waals surface area (Å²) in [6.45, 7) is 4.72. The van der Waals surface area contributed by atoms with Crippen LogP contribution in [0, 0.1) is 0 Å². The number of benzene rings is 10. The molecule has 0 unspecified atom stereocenters. The van der Waals surface area contributed by atoms with Gasteiger partial charge < -0.3 is 4.90 Å². The van der Waals surface area contributed by atoms with E-state index >= 15 is 0 Å². The van der Waals surface area contributed by atoms with Gasteiger partial charge in [-0.15, -0.1) is 0 Å². The normalized spacial score (nSPS) is 12.6. The van der Waals surface area contributed by atoms with Crippen molar-refractivity contribution >= 4 is 38.6 Å². The number of rotatable bonds is 7. The number of para-hydroxylation sites is 1. The van der Waals surface area contributed by atoms with Crippen molar-refractivity contribution in [2.45, 2.75) is 19.3 Å². The van der Waals surface area contributed by atoms with Gasteiger partial charge in [0.1, 0.15) is 0 Å². The van der Waals surface area contributed by atoms with Gasteiger partial charge in [0.05, 0.1) is 5.69 Å². The molecule has 0 amide bonds. The van der Waals surface area contributed by atoms with Gasteiger partial charge in [0.25, 0.3) is 0 Å². The third kappa shape index (κ3) is 5.77. The highest BCUT2D eigenvalue weighted by Crippen LogP contribution is 2.54. The molecule has 10 aromatic carbocycles. The van der Waals surface area contributed by atoms with Crippen molar-refractivity contribution in [1.82, 2.24) is 0 Å². The van der Waals surface area contributed by atoms with E-state index in [1.54, 1.807) is 0 Å². The Kier molecular flexibility index (Phi) is 8.57. The molecule has 284 valence electrons. The molecule has 11 rings (SSSR count). The maximum atomic E-state index is 2.45. The predicted octanol–water partition coefficient (Wildman–Crippen LogP) is 16.4. The van der Waals surface area contributed by atoms with E-state index < -0.39 is 0 Å². The zero-order chi connectivity index (χ0) is 40.2. The fraction of sp³-hybridized carbons (Fsp3) is 0.0508. The Labute approximate surface area is 352 Å². The van der Waals surface area contributed by atoms with Crippen LogP contribution in [0.25, 0.3) is 77.2 Å². The van der Waals surface area contributed by atoms with Gasteiger partial charge in [0, 0.05) is 22.4 Å². The van der Waals surface area contributed by atoms with E-state index in [0.717, 1.165) is 17.1 Å². The summed E-state index contributed by atoms with van der Waals surface area (Å²) in [5, 5.41) is 5.05. The standard InChI is InChI=1S/C59H43N/c1-59(2)53-32-15-13-30-52(53)58-51(31-18-33-54(58)59)48-27-14-16-34-55(48)60(45-24-17-23-43(39-45)40-19-5-3-6-20-40)44-37-35-42(36-38-44)57-50-29-12-10-26-47(50)46-25-9-11-28-49(46)56(57)41-21-7-4-8-22-41/h3-39H,1-2H3. The number of hydrogen-bond acceptors (Lipinski definition) is 1. The summed E-state index contributed by atoms with van der Waals surface area (Å²) in [6.07, 6.45) is 0. The highest BCUT2D eigenvalue weighted by Gasteiger charge is 2.37. The molecule has 0 bridgehead atoms. The molecule has 0 radical (unpaired) electrons. The summed E-state index contributed by atoms with van der Waals surface area (Å²) < 4.78 is 0. The van der Waals surface area contributed by atoms with Crippen LogP contribution in [0.5, 0.6) is 0 Å². The topological polar surface area (TPSA) is 3.24 Å². The summed E-state index contributed by atoms with van der Waals surface area (Å²) in [7, 11) is 0. The maximum Gasteiger partial charge on any atom is 0.0540 e. The van der Waals surface area contributed by atoms with Crippen LogP contribution in [-0.2, 0) is 5.41 Å². The molecule has 1 aliphatic rings. The van der Waals surface area contributed by atoms with Crippen molar-refractivity contribution in [3.8, 4) is 55.6 Å². The lowest BCUT2D eigenvalue weighted by Crippen LogP contribution is -2.14. The van der Waals surface area contributed by atoms with E-state index in [-0.39, 0.29) is 5.41 Å². The van der Waals surface area contributed by atoms with E-state index in [4.69, 9.17) is 0 Å². The Hall–Kier alpha value is -7.48. The molecule has 1 aliphatic carbocycles. The first-order valence-corrected chi connectivity index (χ1v) is 20.9. The van der Waals surface area contributed by atoms with Crippen LogP contribution in [0.3, 0.4) is 0 Å². The highest BCUT2D eigenvalue weighted by atomic mass is 15.1. The molecule has 0 spiro atoms. The average Bonchev–Trinajstić information content (AvgIpc) is 3.55. The predicted molar refractivity (Wildman–Crippen MR) is 255 cm³/mol. The van der Waals surface area contributed by atoms with Gasteiger partial charge in [-0.25, -0.2) is 0 Å². The largest absolute Gasteiger partial charge is 0.310 e. The van der Waals surface area contributed by atoms with Crippen LogP contribution in [0.2, 0.25) is 0 Å². The molecule has 1 heteroatoms. The number of nitrogens with zero attached hydrogens (tertiary/aromatic N) is 1. The maximum absolute atomic E-state index is 2.45. The minimum Gasteiger partial charge on any atom is -0.310 e. The van der Waals surface area contributed by atoms with E-state index in [9.17, 15) is 0 Å². The zero-order valence-electron chi connectivity index (χ0n) is 33.8. The molecular weight excluding hydrogens is 723 g/mol. The van der Waals surface area contributed by atoms with Crippen LogP contribution in [-0.4, -0.2) is 0 Å². The van der Waals surface area contributed by atoms with Crippen molar-refractivity contribution in [3.05, 3.63) is 236 Å². The number of anilines is 3. The SMILES string of the molecule is CC1(C)c2ccccc2-c2c(-c3ccccc3N(c3ccc(-c4c(-c5ccccc5)c5ccccc5c5ccccc45)cc3)c3cccc(-c4ccccc4)c3)cccc21. The Balaban J connectivity index is 1.13. The Bertz CT molecular complexity index is 3210. The summed E-state index contributed by atoms with van der Waals surface area (Å²) in [6, 6.07) is 82.3. The molecule has 0 aromatic heterocycles. The van der Waals surface area contributed by atoms with Gasteiger partial charge in [0.15, 0.2) is 0 Å². The smallest absolute Gasteiger partial charge is 0.0540 e. The molecule has 1 nitrogen and oxygen atoms in total. The van der Waals surface area contributed by atoms with Crippen molar-refractivity contribution < 1.29 is 0 Å². The zero-order valence-corrected chi connectivity index (χ0v) is 33.8. The van der Waals surface area contributed by atoms with Crippen LogP contribution in [0.1, 0.15) is 25.0 Å². The number of fused-ring (bicyclic) bond motifs is 6. The van der Waals surface area contributed by atoms with Crippen LogP contribution >= 0.6 is 0 Å². The Morgan fingerprint density at radius 3 is 1.47 bits per heavy atom. The Morgan fingerprint density at radius 1 is 0.300 bits per heavy atom. The monoisotopic (exact) mass is 765 g/mol. The molecule has 0 atom stereocenters. The third-order valence-corrected chi connectivity index (χ3v) is 12.7. The highest BCUT2D eigenvalue weighted by molar-refractivity contribution is 6.21. The fourth-order valence-electron chi connectivity index (χ4n) is 9.88. The van der Waals surface area contributed by atoms with Crippen molar-refractivity contribution in [1.29, 1.82) is 0 Å². The molecule has 60 heavy (non-hydrogen) atoms. The first kappa shape index (κ1) is 35.7. The van der Waals surface area contributed by atoms with E-state index in [2.05, 4.69) is 243 Å². The molecular formula is C59H43N. The van der Waals surface area contributed by atoms with Gasteiger partial charge in [-0.05, 0) is 113 Å². The van der Waals surface area contributed by atoms with Gasteiger partial charge in [0.2, 0.25) is 0 Å². The third-order valence-electron chi connectivity index (χ3n) is 12.7. The fourth-order valence-corrected chi connectivity index (χ4v) is 9.88. The first-order valence-electron chi connectivity index (χ1n) is 20.9. The van der Waals surface area contributed by atoms with Crippen LogP contribution in [0.15, 0.2) is 224 Å². The quantitative estimate of drug-likeness (QED) is 0.146. The average molecular weight is 766 g/mol. The second kappa shape index (κ2) is 14.4. The van der Waals surface area contributed by atoms with E-state index in [1.807, 2.05) is 0 Å². The minimum absolute atomic E-state index is 0.0953. The lowest BCUT2D eigenvalue weighted by atomic mass is 9.82. The van der Waals surface area contributed by atoms with Gasteiger partial charge in [-0.1, -0.05) is 208 Å². The van der Waals surface area contributed by atoms with Crippen molar-refractivity contribution in [2.75, 3.05) is 4.90 Å². The molecule has 0 aliphatic heterocycles. The van der Waals surface area contributed by atoms with Crippen LogP contribution in [0.4, 0.5) is 17.1 Å². The van der Waals surface area contributed by atoms with Gasteiger partial charge in [-0.3, -0.25) is 0 Å². The lowest BCUT2D eigenvalue weighted by Gasteiger charge is -2.29. The molecule has 0 N–H and O–H groups in total. The summed E-state index contributed by atoms with van der Waals surface area (Å²) >= 11 is 0. The Morgan fingerprint density at radius 2 is 0.783 bits per heavy atom. The van der Waals surface area contributed by atoms with Crippen molar-refractivity contribution in [2.24, 2.45) is 0 Å². The first-order chi connectivity index (χ1) is 29.6.